The highest BCUT2D eigenvalue weighted by Crippen LogP contribution is 2.12. The number of aryl methyl sites for hydroxylation is 1. The van der Waals surface area contributed by atoms with Gasteiger partial charge in [0.25, 0.3) is 0 Å². The molecular formula is C19H33NO5S. The Hall–Kier alpha value is -1.15. The van der Waals surface area contributed by atoms with Crippen molar-refractivity contribution in [3.63, 3.8) is 0 Å². The van der Waals surface area contributed by atoms with Crippen molar-refractivity contribution >= 4 is 15.7 Å². The maximum absolute atomic E-state index is 12.0. The van der Waals surface area contributed by atoms with Gasteiger partial charge in [0.2, 0.25) is 10.0 Å². The van der Waals surface area contributed by atoms with Crippen molar-refractivity contribution in [1.82, 2.24) is 0 Å². The number of benzene rings is 1. The second-order valence-corrected chi connectivity index (χ2v) is 7.90. The minimum absolute atomic E-state index is 0.0795. The molecule has 0 aliphatic heterocycles. The fourth-order valence-electron chi connectivity index (χ4n) is 2.22. The minimum atomic E-state index is -3.41. The first-order valence-corrected chi connectivity index (χ1v) is 11.0. The Kier molecular flexibility index (Phi) is 12.3. The molecule has 1 rings (SSSR count). The lowest BCUT2D eigenvalue weighted by molar-refractivity contribution is 0.0168. The molecule has 150 valence electrons. The molecule has 0 heterocycles. The Morgan fingerprint density at radius 2 is 1.38 bits per heavy atom. The highest BCUT2D eigenvalue weighted by molar-refractivity contribution is 7.92. The summed E-state index contributed by atoms with van der Waals surface area (Å²) in [6.45, 7) is 7.05. The third-order valence-corrected chi connectivity index (χ3v) is 4.90. The van der Waals surface area contributed by atoms with E-state index in [9.17, 15) is 8.42 Å². The lowest BCUT2D eigenvalue weighted by Gasteiger charge is -2.09. The lowest BCUT2D eigenvalue weighted by atomic mass is 10.1. The van der Waals surface area contributed by atoms with E-state index in [1.165, 1.54) is 5.56 Å². The summed E-state index contributed by atoms with van der Waals surface area (Å²) >= 11 is 0. The van der Waals surface area contributed by atoms with Gasteiger partial charge in [-0.3, -0.25) is 4.72 Å². The third-order valence-electron chi connectivity index (χ3n) is 3.65. The molecule has 0 aliphatic rings. The Balaban J connectivity index is 2.08. The van der Waals surface area contributed by atoms with Crippen LogP contribution in [0.3, 0.4) is 0 Å². The molecule has 0 aliphatic carbocycles. The van der Waals surface area contributed by atoms with Crippen molar-refractivity contribution in [3.05, 3.63) is 29.8 Å². The van der Waals surface area contributed by atoms with Crippen LogP contribution in [-0.4, -0.2) is 53.8 Å². The Bertz CT molecular complexity index is 560. The zero-order valence-corrected chi connectivity index (χ0v) is 16.9. The van der Waals surface area contributed by atoms with E-state index >= 15 is 0 Å². The number of hydrogen-bond acceptors (Lipinski definition) is 5. The van der Waals surface area contributed by atoms with E-state index in [0.29, 0.717) is 32.1 Å². The average molecular weight is 388 g/mol. The van der Waals surface area contributed by atoms with Crippen molar-refractivity contribution in [3.8, 4) is 0 Å². The Morgan fingerprint density at radius 1 is 0.808 bits per heavy atom. The number of rotatable bonds is 16. The molecule has 0 unspecified atom stereocenters. The fraction of sp³-hybridized carbons (Fsp3) is 0.684. The molecule has 0 saturated heterocycles. The lowest BCUT2D eigenvalue weighted by Crippen LogP contribution is -2.21. The average Bonchev–Trinajstić information content (AvgIpc) is 2.61. The fourth-order valence-corrected chi connectivity index (χ4v) is 3.15. The molecule has 1 aromatic carbocycles. The largest absolute Gasteiger partial charge is 0.379 e. The molecule has 0 spiro atoms. The molecule has 0 fully saturated rings. The number of nitrogens with one attached hydrogen (secondary N) is 1. The molecule has 0 aromatic heterocycles. The van der Waals surface area contributed by atoms with E-state index in [-0.39, 0.29) is 12.4 Å². The van der Waals surface area contributed by atoms with Crippen molar-refractivity contribution in [2.24, 2.45) is 0 Å². The number of sulfonamides is 1. The summed E-state index contributed by atoms with van der Waals surface area (Å²) in [7, 11) is -3.41. The molecule has 0 radical (unpaired) electrons. The van der Waals surface area contributed by atoms with Crippen LogP contribution in [0, 0.1) is 0 Å². The first-order valence-electron chi connectivity index (χ1n) is 9.40. The van der Waals surface area contributed by atoms with Gasteiger partial charge in [0.1, 0.15) is 0 Å². The molecule has 26 heavy (non-hydrogen) atoms. The SMILES string of the molecule is CCCCOCCOCCOCCS(=O)(=O)Nc1ccc(CCC)cc1. The normalized spacial score (nSPS) is 11.6. The van der Waals surface area contributed by atoms with Gasteiger partial charge < -0.3 is 14.2 Å². The van der Waals surface area contributed by atoms with Crippen LogP contribution in [0.25, 0.3) is 0 Å². The van der Waals surface area contributed by atoms with E-state index < -0.39 is 10.0 Å². The molecular weight excluding hydrogens is 354 g/mol. The monoisotopic (exact) mass is 387 g/mol. The number of ether oxygens (including phenoxy) is 3. The Labute approximate surface area is 158 Å². The molecule has 1 N–H and O–H groups in total. The molecule has 6 nitrogen and oxygen atoms in total. The highest BCUT2D eigenvalue weighted by atomic mass is 32.2. The summed E-state index contributed by atoms with van der Waals surface area (Å²) in [6.07, 6.45) is 4.25. The van der Waals surface area contributed by atoms with Gasteiger partial charge in [-0.05, 0) is 30.5 Å². The van der Waals surface area contributed by atoms with Crippen molar-refractivity contribution in [1.29, 1.82) is 0 Å². The summed E-state index contributed by atoms with van der Waals surface area (Å²) in [4.78, 5) is 0. The van der Waals surface area contributed by atoms with Crippen molar-refractivity contribution < 1.29 is 22.6 Å². The molecule has 0 bridgehead atoms. The smallest absolute Gasteiger partial charge is 0.234 e. The van der Waals surface area contributed by atoms with Gasteiger partial charge >= 0.3 is 0 Å². The number of anilines is 1. The Morgan fingerprint density at radius 3 is 1.96 bits per heavy atom. The molecule has 1 aromatic rings. The maximum Gasteiger partial charge on any atom is 0.234 e. The van der Waals surface area contributed by atoms with Gasteiger partial charge in [-0.15, -0.1) is 0 Å². The van der Waals surface area contributed by atoms with Crippen LogP contribution < -0.4 is 4.72 Å². The standard InChI is InChI=1S/C19H33NO5S/c1-3-5-11-23-12-13-24-14-15-25-16-17-26(21,22)20-19-9-7-18(6-4-2)8-10-19/h7-10,20H,3-6,11-17H2,1-2H3. The van der Waals surface area contributed by atoms with Gasteiger partial charge in [0.05, 0.1) is 38.8 Å². The second kappa shape index (κ2) is 14.0. The van der Waals surface area contributed by atoms with E-state index in [1.54, 1.807) is 12.1 Å². The van der Waals surface area contributed by atoms with Crippen LogP contribution in [-0.2, 0) is 30.7 Å². The predicted molar refractivity (Wildman–Crippen MR) is 105 cm³/mol. The second-order valence-electron chi connectivity index (χ2n) is 6.06. The summed E-state index contributed by atoms with van der Waals surface area (Å²) in [5, 5.41) is 0. The zero-order chi connectivity index (χ0) is 19.1. The van der Waals surface area contributed by atoms with Gasteiger partial charge in [0.15, 0.2) is 0 Å². The summed E-state index contributed by atoms with van der Waals surface area (Å²) < 4.78 is 42.7. The number of unbranched alkanes of at least 4 members (excludes halogenated alkanes) is 1. The van der Waals surface area contributed by atoms with E-state index in [1.807, 2.05) is 12.1 Å². The zero-order valence-electron chi connectivity index (χ0n) is 16.0. The first kappa shape index (κ1) is 22.9. The van der Waals surface area contributed by atoms with Crippen molar-refractivity contribution in [2.75, 3.05) is 50.1 Å². The van der Waals surface area contributed by atoms with Crippen molar-refractivity contribution in [2.45, 2.75) is 39.5 Å². The van der Waals surface area contributed by atoms with Gasteiger partial charge in [-0.1, -0.05) is 38.8 Å². The molecule has 0 amide bonds. The van der Waals surface area contributed by atoms with E-state index in [2.05, 4.69) is 18.6 Å². The molecule has 7 heteroatoms. The molecule has 0 saturated carbocycles. The molecule has 0 atom stereocenters. The van der Waals surface area contributed by atoms with Crippen LogP contribution in [0.4, 0.5) is 5.69 Å². The summed E-state index contributed by atoms with van der Waals surface area (Å²) in [6, 6.07) is 7.47. The summed E-state index contributed by atoms with van der Waals surface area (Å²) in [5.74, 6) is -0.0795. The van der Waals surface area contributed by atoms with Gasteiger partial charge in [0, 0.05) is 12.3 Å². The van der Waals surface area contributed by atoms with Gasteiger partial charge in [-0.25, -0.2) is 8.42 Å². The van der Waals surface area contributed by atoms with E-state index in [0.717, 1.165) is 32.3 Å². The van der Waals surface area contributed by atoms with Crippen LogP contribution in [0.15, 0.2) is 24.3 Å². The van der Waals surface area contributed by atoms with Crippen LogP contribution >= 0.6 is 0 Å². The van der Waals surface area contributed by atoms with Crippen LogP contribution in [0.1, 0.15) is 38.7 Å². The quantitative estimate of drug-likeness (QED) is 0.441. The third kappa shape index (κ3) is 11.5. The minimum Gasteiger partial charge on any atom is -0.379 e. The first-order chi connectivity index (χ1) is 12.6. The van der Waals surface area contributed by atoms with Gasteiger partial charge in [-0.2, -0.15) is 0 Å². The number of hydrogen-bond donors (Lipinski definition) is 1. The van der Waals surface area contributed by atoms with Crippen LogP contribution in [0.5, 0.6) is 0 Å². The van der Waals surface area contributed by atoms with E-state index in [4.69, 9.17) is 14.2 Å². The predicted octanol–water partition coefficient (Wildman–Crippen LogP) is 3.23. The van der Waals surface area contributed by atoms with Crippen LogP contribution in [0.2, 0.25) is 0 Å². The summed E-state index contributed by atoms with van der Waals surface area (Å²) in [5.41, 5.74) is 1.78. The maximum atomic E-state index is 12.0. The topological polar surface area (TPSA) is 73.9 Å². The highest BCUT2D eigenvalue weighted by Gasteiger charge is 2.10.